The zero-order valence-corrected chi connectivity index (χ0v) is 18.3. The van der Waals surface area contributed by atoms with Crippen LogP contribution in [0, 0.1) is 11.7 Å². The number of tetrazole rings is 1. The van der Waals surface area contributed by atoms with Crippen LogP contribution in [0.1, 0.15) is 31.3 Å². The standard InChI is InChI=1S/C23H27FN6O2/c1-16(2)22(29-11-9-28(10-12-29)19-6-4-18(24)5-7-19)23-25-26-27-30(23)14-17-3-8-20-21(13-17)32-15-31-20/h3-8,13,16,22H,9-12,14-15H2,1-2H3. The zero-order chi connectivity index (χ0) is 22.1. The molecule has 0 aliphatic carbocycles. The summed E-state index contributed by atoms with van der Waals surface area (Å²) in [4.78, 5) is 4.75. The van der Waals surface area contributed by atoms with E-state index >= 15 is 0 Å². The predicted octanol–water partition coefficient (Wildman–Crippen LogP) is 3.11. The minimum atomic E-state index is -0.207. The van der Waals surface area contributed by atoms with Crippen molar-refractivity contribution < 1.29 is 13.9 Å². The lowest BCUT2D eigenvalue weighted by atomic mass is 10.0. The van der Waals surface area contributed by atoms with Crippen molar-refractivity contribution in [3.05, 3.63) is 59.7 Å². The van der Waals surface area contributed by atoms with E-state index in [4.69, 9.17) is 9.47 Å². The van der Waals surface area contributed by atoms with Crippen LogP contribution in [-0.4, -0.2) is 58.1 Å². The molecule has 1 atom stereocenters. The van der Waals surface area contributed by atoms with Gasteiger partial charge in [-0.2, -0.15) is 0 Å². The Bertz CT molecular complexity index is 1060. The maximum absolute atomic E-state index is 13.3. The van der Waals surface area contributed by atoms with E-state index in [1.807, 2.05) is 35.0 Å². The van der Waals surface area contributed by atoms with Crippen LogP contribution in [0.5, 0.6) is 11.5 Å². The molecule has 1 fully saturated rings. The first-order valence-electron chi connectivity index (χ1n) is 11.0. The number of hydrogen-bond donors (Lipinski definition) is 0. The Morgan fingerprint density at radius 1 is 0.969 bits per heavy atom. The van der Waals surface area contributed by atoms with Crippen LogP contribution < -0.4 is 14.4 Å². The predicted molar refractivity (Wildman–Crippen MR) is 117 cm³/mol. The number of aromatic nitrogens is 4. The van der Waals surface area contributed by atoms with Crippen molar-refractivity contribution in [2.45, 2.75) is 26.4 Å². The summed E-state index contributed by atoms with van der Waals surface area (Å²) in [6.07, 6.45) is 0. The third-order valence-electron chi connectivity index (χ3n) is 6.12. The molecule has 8 nitrogen and oxygen atoms in total. The van der Waals surface area contributed by atoms with E-state index in [2.05, 4.69) is 39.2 Å². The van der Waals surface area contributed by atoms with Gasteiger partial charge in [0, 0.05) is 31.9 Å². The van der Waals surface area contributed by atoms with Gasteiger partial charge in [-0.15, -0.1) is 5.10 Å². The van der Waals surface area contributed by atoms with Crippen LogP contribution in [0.25, 0.3) is 0 Å². The van der Waals surface area contributed by atoms with Crippen LogP contribution in [0.2, 0.25) is 0 Å². The highest BCUT2D eigenvalue weighted by Crippen LogP contribution is 2.33. The Morgan fingerprint density at radius 3 is 2.47 bits per heavy atom. The molecule has 0 saturated carbocycles. The first kappa shape index (κ1) is 20.7. The second-order valence-corrected chi connectivity index (χ2v) is 8.57. The summed E-state index contributed by atoms with van der Waals surface area (Å²) in [7, 11) is 0. The Kier molecular flexibility index (Phi) is 5.65. The monoisotopic (exact) mass is 438 g/mol. The quantitative estimate of drug-likeness (QED) is 0.586. The van der Waals surface area contributed by atoms with E-state index in [9.17, 15) is 4.39 Å². The lowest BCUT2D eigenvalue weighted by Crippen LogP contribution is -2.49. The van der Waals surface area contributed by atoms with E-state index in [1.54, 1.807) is 0 Å². The van der Waals surface area contributed by atoms with Gasteiger partial charge in [0.25, 0.3) is 0 Å². The second kappa shape index (κ2) is 8.74. The van der Waals surface area contributed by atoms with Gasteiger partial charge in [0.2, 0.25) is 6.79 Å². The van der Waals surface area contributed by atoms with E-state index in [-0.39, 0.29) is 18.7 Å². The summed E-state index contributed by atoms with van der Waals surface area (Å²) in [6, 6.07) is 12.8. The van der Waals surface area contributed by atoms with E-state index in [0.29, 0.717) is 12.5 Å². The Morgan fingerprint density at radius 2 is 1.72 bits per heavy atom. The molecule has 32 heavy (non-hydrogen) atoms. The van der Waals surface area contributed by atoms with Crippen LogP contribution >= 0.6 is 0 Å². The molecule has 9 heteroatoms. The molecule has 0 radical (unpaired) electrons. The van der Waals surface area contributed by atoms with Gasteiger partial charge in [-0.05, 0) is 58.3 Å². The van der Waals surface area contributed by atoms with Gasteiger partial charge in [0.15, 0.2) is 17.3 Å². The lowest BCUT2D eigenvalue weighted by Gasteiger charge is -2.41. The lowest BCUT2D eigenvalue weighted by molar-refractivity contribution is 0.135. The molecule has 2 aliphatic rings. The molecule has 2 aliphatic heterocycles. The van der Waals surface area contributed by atoms with Crippen molar-refractivity contribution in [2.24, 2.45) is 5.92 Å². The Balaban J connectivity index is 1.31. The van der Waals surface area contributed by atoms with Gasteiger partial charge in [0.1, 0.15) is 5.82 Å². The first-order chi connectivity index (χ1) is 15.6. The molecular formula is C23H27FN6O2. The number of nitrogens with zero attached hydrogens (tertiary/aromatic N) is 6. The highest BCUT2D eigenvalue weighted by molar-refractivity contribution is 5.47. The molecule has 3 heterocycles. The number of ether oxygens (including phenoxy) is 2. The molecule has 3 aromatic rings. The number of fused-ring (bicyclic) bond motifs is 1. The molecule has 0 bridgehead atoms. The average molecular weight is 439 g/mol. The maximum atomic E-state index is 13.3. The number of hydrogen-bond acceptors (Lipinski definition) is 7. The molecule has 0 spiro atoms. The number of anilines is 1. The Hall–Kier alpha value is -3.20. The molecule has 1 unspecified atom stereocenters. The van der Waals surface area contributed by atoms with Crippen molar-refractivity contribution in [1.29, 1.82) is 0 Å². The van der Waals surface area contributed by atoms with Gasteiger partial charge in [0.05, 0.1) is 12.6 Å². The van der Waals surface area contributed by atoms with Gasteiger partial charge < -0.3 is 14.4 Å². The zero-order valence-electron chi connectivity index (χ0n) is 18.3. The van der Waals surface area contributed by atoms with Crippen molar-refractivity contribution in [3.63, 3.8) is 0 Å². The normalized spacial score (nSPS) is 17.2. The van der Waals surface area contributed by atoms with Crippen LogP contribution in [0.3, 0.4) is 0 Å². The van der Waals surface area contributed by atoms with Crippen molar-refractivity contribution in [1.82, 2.24) is 25.1 Å². The molecule has 2 aromatic carbocycles. The smallest absolute Gasteiger partial charge is 0.231 e. The molecule has 0 N–H and O–H groups in total. The molecule has 5 rings (SSSR count). The number of halogens is 1. The van der Waals surface area contributed by atoms with Crippen LogP contribution in [-0.2, 0) is 6.54 Å². The van der Waals surface area contributed by atoms with Gasteiger partial charge in [-0.3, -0.25) is 4.90 Å². The van der Waals surface area contributed by atoms with E-state index in [1.165, 1.54) is 12.1 Å². The maximum Gasteiger partial charge on any atom is 0.231 e. The summed E-state index contributed by atoms with van der Waals surface area (Å²) in [5.41, 5.74) is 2.12. The topological polar surface area (TPSA) is 68.5 Å². The van der Waals surface area contributed by atoms with E-state index < -0.39 is 0 Å². The van der Waals surface area contributed by atoms with Crippen LogP contribution in [0.15, 0.2) is 42.5 Å². The highest BCUT2D eigenvalue weighted by atomic mass is 19.1. The van der Waals surface area contributed by atoms with Crippen molar-refractivity contribution in [3.8, 4) is 11.5 Å². The van der Waals surface area contributed by atoms with Gasteiger partial charge >= 0.3 is 0 Å². The highest BCUT2D eigenvalue weighted by Gasteiger charge is 2.31. The van der Waals surface area contributed by atoms with Crippen LogP contribution in [0.4, 0.5) is 10.1 Å². The molecule has 168 valence electrons. The summed E-state index contributed by atoms with van der Waals surface area (Å²) in [6.45, 7) is 8.75. The third kappa shape index (κ3) is 4.12. The molecule has 1 saturated heterocycles. The minimum Gasteiger partial charge on any atom is -0.454 e. The second-order valence-electron chi connectivity index (χ2n) is 8.57. The number of piperazine rings is 1. The minimum absolute atomic E-state index is 0.106. The summed E-state index contributed by atoms with van der Waals surface area (Å²) in [5.74, 6) is 2.53. The average Bonchev–Trinajstić information content (AvgIpc) is 3.44. The van der Waals surface area contributed by atoms with Gasteiger partial charge in [-0.1, -0.05) is 19.9 Å². The fourth-order valence-electron chi connectivity index (χ4n) is 4.54. The SMILES string of the molecule is CC(C)C(c1nnnn1Cc1ccc2c(c1)OCO2)N1CCN(c2ccc(F)cc2)CC1. The first-order valence-corrected chi connectivity index (χ1v) is 11.0. The Labute approximate surface area is 186 Å². The summed E-state index contributed by atoms with van der Waals surface area (Å²) < 4.78 is 26.1. The summed E-state index contributed by atoms with van der Waals surface area (Å²) in [5, 5.41) is 12.7. The summed E-state index contributed by atoms with van der Waals surface area (Å²) >= 11 is 0. The fourth-order valence-corrected chi connectivity index (χ4v) is 4.54. The van der Waals surface area contributed by atoms with Gasteiger partial charge in [-0.25, -0.2) is 9.07 Å². The number of rotatable bonds is 6. The van der Waals surface area contributed by atoms with E-state index in [0.717, 1.165) is 54.8 Å². The third-order valence-corrected chi connectivity index (χ3v) is 6.12. The molecule has 0 amide bonds. The molecular weight excluding hydrogens is 411 g/mol. The largest absolute Gasteiger partial charge is 0.454 e. The number of benzene rings is 2. The van der Waals surface area contributed by atoms with Crippen molar-refractivity contribution in [2.75, 3.05) is 37.9 Å². The molecule has 1 aromatic heterocycles. The van der Waals surface area contributed by atoms with Crippen molar-refractivity contribution >= 4 is 5.69 Å². The fraction of sp³-hybridized carbons (Fsp3) is 0.435.